The summed E-state index contributed by atoms with van der Waals surface area (Å²) < 4.78 is 16.1. The second kappa shape index (κ2) is 6.77. The van der Waals surface area contributed by atoms with Crippen molar-refractivity contribution in [1.29, 1.82) is 0 Å². The highest BCUT2D eigenvalue weighted by atomic mass is 35.5. The smallest absolute Gasteiger partial charge is 0.139 e. The van der Waals surface area contributed by atoms with Gasteiger partial charge in [-0.05, 0) is 12.1 Å². The van der Waals surface area contributed by atoms with Crippen LogP contribution in [0.4, 0.5) is 0 Å². The van der Waals surface area contributed by atoms with Crippen molar-refractivity contribution in [3.8, 4) is 5.75 Å². The van der Waals surface area contributed by atoms with Crippen LogP contribution >= 0.6 is 23.2 Å². The predicted molar refractivity (Wildman–Crippen MR) is 73.1 cm³/mol. The second-order valence-corrected chi connectivity index (χ2v) is 5.21. The molecule has 0 radical (unpaired) electrons. The minimum absolute atomic E-state index is 0.220. The number of hydrogen-bond donors (Lipinski definition) is 1. The van der Waals surface area contributed by atoms with Crippen LogP contribution in [-0.4, -0.2) is 43.7 Å². The molecule has 1 aliphatic rings. The van der Waals surface area contributed by atoms with E-state index in [0.29, 0.717) is 35.4 Å². The molecule has 19 heavy (non-hydrogen) atoms. The molecule has 1 aromatic rings. The first-order valence-corrected chi connectivity index (χ1v) is 6.77. The molecule has 4 nitrogen and oxygen atoms in total. The Morgan fingerprint density at radius 3 is 2.79 bits per heavy atom. The normalized spacial score (nSPS) is 26.0. The summed E-state index contributed by atoms with van der Waals surface area (Å²) in [5.41, 5.74) is 0. The molecule has 6 heteroatoms. The van der Waals surface area contributed by atoms with E-state index in [1.165, 1.54) is 0 Å². The van der Waals surface area contributed by atoms with E-state index in [0.717, 1.165) is 0 Å². The van der Waals surface area contributed by atoms with Gasteiger partial charge >= 0.3 is 0 Å². The molecule has 3 atom stereocenters. The third kappa shape index (κ3) is 3.74. The van der Waals surface area contributed by atoms with Crippen molar-refractivity contribution in [3.63, 3.8) is 0 Å². The van der Waals surface area contributed by atoms with Crippen LogP contribution in [0.2, 0.25) is 10.0 Å². The number of ether oxygens (including phenoxy) is 3. The molecule has 1 fully saturated rings. The zero-order valence-corrected chi connectivity index (χ0v) is 12.0. The van der Waals surface area contributed by atoms with E-state index in [1.807, 2.05) is 0 Å². The van der Waals surface area contributed by atoms with Crippen molar-refractivity contribution in [1.82, 2.24) is 0 Å². The SMILES string of the molecule is COCCOC1C(O)CC1Oc1cc(Cl)ccc1Cl. The van der Waals surface area contributed by atoms with Gasteiger partial charge in [-0.25, -0.2) is 0 Å². The molecule has 0 aliphatic heterocycles. The molecule has 0 spiro atoms. The highest BCUT2D eigenvalue weighted by molar-refractivity contribution is 6.34. The summed E-state index contributed by atoms with van der Waals surface area (Å²) in [6.07, 6.45) is -0.576. The van der Waals surface area contributed by atoms with E-state index in [9.17, 15) is 5.11 Å². The van der Waals surface area contributed by atoms with Gasteiger partial charge in [-0.1, -0.05) is 23.2 Å². The van der Waals surface area contributed by atoms with Gasteiger partial charge in [-0.15, -0.1) is 0 Å². The van der Waals surface area contributed by atoms with Crippen molar-refractivity contribution in [3.05, 3.63) is 28.2 Å². The fourth-order valence-electron chi connectivity index (χ4n) is 1.89. The van der Waals surface area contributed by atoms with Crippen LogP contribution in [0.3, 0.4) is 0 Å². The Morgan fingerprint density at radius 1 is 1.32 bits per heavy atom. The number of aliphatic hydroxyl groups is 1. The first-order chi connectivity index (χ1) is 9.11. The van der Waals surface area contributed by atoms with Crippen LogP contribution in [-0.2, 0) is 9.47 Å². The summed E-state index contributed by atoms with van der Waals surface area (Å²) >= 11 is 11.9. The lowest BCUT2D eigenvalue weighted by Gasteiger charge is -2.40. The van der Waals surface area contributed by atoms with Gasteiger partial charge in [-0.3, -0.25) is 0 Å². The summed E-state index contributed by atoms with van der Waals surface area (Å²) in [6, 6.07) is 5.02. The van der Waals surface area contributed by atoms with Crippen LogP contribution in [0.1, 0.15) is 6.42 Å². The van der Waals surface area contributed by atoms with Gasteiger partial charge in [0, 0.05) is 24.6 Å². The molecule has 1 N–H and O–H groups in total. The molecular weight excluding hydrogens is 291 g/mol. The van der Waals surface area contributed by atoms with Gasteiger partial charge in [0.15, 0.2) is 0 Å². The fourth-order valence-corrected chi connectivity index (χ4v) is 2.21. The molecule has 0 saturated heterocycles. The van der Waals surface area contributed by atoms with Crippen molar-refractivity contribution < 1.29 is 19.3 Å². The van der Waals surface area contributed by atoms with Crippen LogP contribution in [0.5, 0.6) is 5.75 Å². The first kappa shape index (κ1) is 14.9. The van der Waals surface area contributed by atoms with Crippen LogP contribution in [0.15, 0.2) is 18.2 Å². The monoisotopic (exact) mass is 306 g/mol. The van der Waals surface area contributed by atoms with Gasteiger partial charge < -0.3 is 19.3 Å². The zero-order chi connectivity index (χ0) is 13.8. The Balaban J connectivity index is 1.93. The Bertz CT molecular complexity index is 427. The zero-order valence-electron chi connectivity index (χ0n) is 10.5. The number of hydrogen-bond acceptors (Lipinski definition) is 4. The maximum Gasteiger partial charge on any atom is 0.139 e. The van der Waals surface area contributed by atoms with Gasteiger partial charge in [0.1, 0.15) is 18.0 Å². The molecule has 0 aromatic heterocycles. The maximum atomic E-state index is 9.67. The summed E-state index contributed by atoms with van der Waals surface area (Å²) in [6.45, 7) is 0.898. The summed E-state index contributed by atoms with van der Waals surface area (Å²) in [4.78, 5) is 0. The third-order valence-corrected chi connectivity index (χ3v) is 3.54. The average Bonchev–Trinajstić information content (AvgIpc) is 2.38. The van der Waals surface area contributed by atoms with E-state index in [-0.39, 0.29) is 12.2 Å². The molecule has 106 valence electrons. The lowest BCUT2D eigenvalue weighted by Crippen LogP contribution is -2.55. The molecule has 0 bridgehead atoms. The van der Waals surface area contributed by atoms with Gasteiger partial charge in [0.2, 0.25) is 0 Å². The average molecular weight is 307 g/mol. The Kier molecular flexibility index (Phi) is 5.30. The molecule has 0 amide bonds. The number of halogens is 2. The van der Waals surface area contributed by atoms with Crippen molar-refractivity contribution >= 4 is 23.2 Å². The number of benzene rings is 1. The number of methoxy groups -OCH3 is 1. The standard InChI is InChI=1S/C13H16Cl2O4/c1-17-4-5-18-13-10(16)7-12(13)19-11-6-8(14)2-3-9(11)15/h2-3,6,10,12-13,16H,4-5,7H2,1H3. The van der Waals surface area contributed by atoms with Gasteiger partial charge in [0.05, 0.1) is 24.3 Å². The summed E-state index contributed by atoms with van der Waals surface area (Å²) in [5, 5.41) is 10.7. The van der Waals surface area contributed by atoms with Crippen LogP contribution in [0, 0.1) is 0 Å². The molecule has 2 rings (SSSR count). The maximum absolute atomic E-state index is 9.67. The van der Waals surface area contributed by atoms with Gasteiger partial charge in [0.25, 0.3) is 0 Å². The van der Waals surface area contributed by atoms with Crippen LogP contribution in [0.25, 0.3) is 0 Å². The van der Waals surface area contributed by atoms with E-state index in [1.54, 1.807) is 25.3 Å². The fraction of sp³-hybridized carbons (Fsp3) is 0.538. The minimum atomic E-state index is -0.514. The number of rotatable bonds is 6. The van der Waals surface area contributed by atoms with E-state index in [2.05, 4.69) is 0 Å². The highest BCUT2D eigenvalue weighted by Crippen LogP contribution is 2.34. The Morgan fingerprint density at radius 2 is 2.11 bits per heavy atom. The molecular formula is C13H16Cl2O4. The third-order valence-electron chi connectivity index (χ3n) is 2.99. The largest absolute Gasteiger partial charge is 0.486 e. The minimum Gasteiger partial charge on any atom is -0.486 e. The lowest BCUT2D eigenvalue weighted by atomic mass is 9.88. The Labute approximate surface area is 122 Å². The molecule has 0 heterocycles. The van der Waals surface area contributed by atoms with Crippen molar-refractivity contribution in [2.24, 2.45) is 0 Å². The molecule has 3 unspecified atom stereocenters. The lowest BCUT2D eigenvalue weighted by molar-refractivity contribution is -0.167. The Hall–Kier alpha value is -0.520. The molecule has 1 saturated carbocycles. The summed E-state index contributed by atoms with van der Waals surface area (Å²) in [7, 11) is 1.60. The number of aliphatic hydroxyl groups excluding tert-OH is 1. The van der Waals surface area contributed by atoms with Crippen LogP contribution < -0.4 is 4.74 Å². The molecule has 1 aliphatic carbocycles. The van der Waals surface area contributed by atoms with Crippen molar-refractivity contribution in [2.75, 3.05) is 20.3 Å². The topological polar surface area (TPSA) is 47.9 Å². The second-order valence-electron chi connectivity index (χ2n) is 4.36. The first-order valence-electron chi connectivity index (χ1n) is 6.02. The van der Waals surface area contributed by atoms with E-state index >= 15 is 0 Å². The summed E-state index contributed by atoms with van der Waals surface area (Å²) in [5.74, 6) is 0.506. The molecule has 1 aromatic carbocycles. The van der Waals surface area contributed by atoms with E-state index in [4.69, 9.17) is 37.4 Å². The quantitative estimate of drug-likeness (QED) is 0.821. The predicted octanol–water partition coefficient (Wildman–Crippen LogP) is 2.54. The van der Waals surface area contributed by atoms with Gasteiger partial charge in [-0.2, -0.15) is 0 Å². The van der Waals surface area contributed by atoms with Crippen molar-refractivity contribution in [2.45, 2.75) is 24.7 Å². The highest BCUT2D eigenvalue weighted by Gasteiger charge is 2.43. The van der Waals surface area contributed by atoms with E-state index < -0.39 is 6.10 Å².